The number of hydrogen-bond acceptors (Lipinski definition) is 2. The summed E-state index contributed by atoms with van der Waals surface area (Å²) in [5.74, 6) is 0.785. The lowest BCUT2D eigenvalue weighted by Crippen LogP contribution is -2.17. The van der Waals surface area contributed by atoms with Gasteiger partial charge in [0.05, 0.1) is 0 Å². The van der Waals surface area contributed by atoms with Gasteiger partial charge in [-0.15, -0.1) is 0 Å². The highest BCUT2D eigenvalue weighted by molar-refractivity contribution is 6.10. The highest BCUT2D eigenvalue weighted by Crippen LogP contribution is 2.18. The maximum atomic E-state index is 4.07. The molecule has 2 rings (SSSR count). The van der Waals surface area contributed by atoms with E-state index < -0.39 is 0 Å². The molecule has 0 bridgehead atoms. The zero-order chi connectivity index (χ0) is 6.97. The molecule has 2 aliphatic rings. The van der Waals surface area contributed by atoms with Crippen molar-refractivity contribution in [2.45, 2.75) is 6.92 Å². The molecular weight excluding hydrogens is 126 g/mol. The first kappa shape index (κ1) is 5.41. The van der Waals surface area contributed by atoms with E-state index in [-0.39, 0.29) is 0 Å². The van der Waals surface area contributed by atoms with Gasteiger partial charge < -0.3 is 0 Å². The maximum absolute atomic E-state index is 4.07. The van der Waals surface area contributed by atoms with Gasteiger partial charge in [-0.05, 0) is 12.5 Å². The van der Waals surface area contributed by atoms with E-state index in [9.17, 15) is 0 Å². The average molecular weight is 132 g/mol. The molecule has 2 heterocycles. The Labute approximate surface area is 58.9 Å². The second-order valence-electron chi connectivity index (χ2n) is 2.20. The van der Waals surface area contributed by atoms with Crippen LogP contribution in [-0.4, -0.2) is 12.2 Å². The SMILES string of the molecule is CC1=CN=C2[N]C=NC=C12. The molecule has 0 aromatic rings. The standard InChI is InChI=1S/C7H6N3/c1-5-2-9-7-6(5)3-8-4-10-7/h2-4H,1H3. The second kappa shape index (κ2) is 1.80. The molecule has 1 radical (unpaired) electrons. The molecule has 0 aromatic carbocycles. The van der Waals surface area contributed by atoms with E-state index in [1.165, 1.54) is 6.34 Å². The van der Waals surface area contributed by atoms with Crippen LogP contribution in [0.25, 0.3) is 0 Å². The molecule has 49 valence electrons. The van der Waals surface area contributed by atoms with Crippen LogP contribution < -0.4 is 5.32 Å². The summed E-state index contributed by atoms with van der Waals surface area (Å²) >= 11 is 0. The van der Waals surface area contributed by atoms with Crippen LogP contribution in [0.1, 0.15) is 6.92 Å². The van der Waals surface area contributed by atoms with Gasteiger partial charge in [-0.2, -0.15) is 0 Å². The number of rotatable bonds is 0. The molecule has 3 nitrogen and oxygen atoms in total. The van der Waals surface area contributed by atoms with Gasteiger partial charge in [-0.1, -0.05) is 0 Å². The first-order valence-electron chi connectivity index (χ1n) is 3.06. The third-order valence-corrected chi connectivity index (χ3v) is 1.50. The minimum absolute atomic E-state index is 0.785. The van der Waals surface area contributed by atoms with E-state index in [2.05, 4.69) is 15.3 Å². The van der Waals surface area contributed by atoms with Crippen molar-refractivity contribution in [3.05, 3.63) is 23.5 Å². The number of aliphatic imine (C=N–C) groups is 2. The van der Waals surface area contributed by atoms with Crippen molar-refractivity contribution in [1.29, 1.82) is 0 Å². The van der Waals surface area contributed by atoms with Crippen molar-refractivity contribution in [2.75, 3.05) is 0 Å². The molecule has 0 fully saturated rings. The van der Waals surface area contributed by atoms with Crippen molar-refractivity contribution < 1.29 is 0 Å². The third kappa shape index (κ3) is 0.603. The summed E-state index contributed by atoms with van der Waals surface area (Å²) in [6.07, 6.45) is 5.10. The summed E-state index contributed by atoms with van der Waals surface area (Å²) in [7, 11) is 0. The van der Waals surface area contributed by atoms with Gasteiger partial charge in [0.15, 0.2) is 5.84 Å². The van der Waals surface area contributed by atoms with Crippen LogP contribution in [0.15, 0.2) is 33.5 Å². The van der Waals surface area contributed by atoms with E-state index in [0.29, 0.717) is 0 Å². The summed E-state index contributed by atoms with van der Waals surface area (Å²) in [4.78, 5) is 7.96. The highest BCUT2D eigenvalue weighted by atomic mass is 15.1. The van der Waals surface area contributed by atoms with Crippen molar-refractivity contribution in [2.24, 2.45) is 9.98 Å². The van der Waals surface area contributed by atoms with Crippen LogP contribution >= 0.6 is 0 Å². The molecule has 0 aromatic heterocycles. The summed E-state index contributed by atoms with van der Waals surface area (Å²) in [5, 5.41) is 3.98. The molecule has 0 saturated carbocycles. The Morgan fingerprint density at radius 3 is 3.00 bits per heavy atom. The Bertz CT molecular complexity index is 281. The van der Waals surface area contributed by atoms with Gasteiger partial charge in [0.1, 0.15) is 6.34 Å². The van der Waals surface area contributed by atoms with E-state index in [0.717, 1.165) is 17.0 Å². The molecule has 2 aliphatic heterocycles. The molecule has 0 unspecified atom stereocenters. The minimum atomic E-state index is 0.785. The van der Waals surface area contributed by atoms with Crippen LogP contribution in [0.3, 0.4) is 0 Å². The lowest BCUT2D eigenvalue weighted by molar-refractivity contribution is 1.29. The van der Waals surface area contributed by atoms with E-state index >= 15 is 0 Å². The summed E-state index contributed by atoms with van der Waals surface area (Å²) in [6, 6.07) is 0. The molecule has 0 atom stereocenters. The molecule has 0 saturated heterocycles. The molecule has 0 N–H and O–H groups in total. The minimum Gasteiger partial charge on any atom is -0.244 e. The molecule has 10 heavy (non-hydrogen) atoms. The zero-order valence-electron chi connectivity index (χ0n) is 5.57. The number of hydrogen-bond donors (Lipinski definition) is 0. The maximum Gasteiger partial charge on any atom is 0.162 e. The van der Waals surface area contributed by atoms with E-state index in [1.54, 1.807) is 12.4 Å². The van der Waals surface area contributed by atoms with E-state index in [4.69, 9.17) is 0 Å². The predicted octanol–water partition coefficient (Wildman–Crippen LogP) is 0.833. The van der Waals surface area contributed by atoms with Gasteiger partial charge in [-0.3, -0.25) is 0 Å². The lowest BCUT2D eigenvalue weighted by atomic mass is 10.1. The first-order chi connectivity index (χ1) is 4.88. The normalized spacial score (nSPS) is 20.7. The molecule has 0 amide bonds. The van der Waals surface area contributed by atoms with Crippen molar-refractivity contribution in [1.82, 2.24) is 5.32 Å². The molecule has 0 aliphatic carbocycles. The Kier molecular flexibility index (Phi) is 0.974. The van der Waals surface area contributed by atoms with E-state index in [1.807, 2.05) is 6.92 Å². The third-order valence-electron chi connectivity index (χ3n) is 1.50. The van der Waals surface area contributed by atoms with Crippen LogP contribution in [0.2, 0.25) is 0 Å². The lowest BCUT2D eigenvalue weighted by Gasteiger charge is -2.03. The fourth-order valence-corrected chi connectivity index (χ4v) is 0.932. The van der Waals surface area contributed by atoms with Gasteiger partial charge in [-0.25, -0.2) is 15.3 Å². The Morgan fingerprint density at radius 1 is 1.30 bits per heavy atom. The zero-order valence-corrected chi connectivity index (χ0v) is 5.57. The van der Waals surface area contributed by atoms with Gasteiger partial charge in [0, 0.05) is 18.0 Å². The summed E-state index contributed by atoms with van der Waals surface area (Å²) in [5.41, 5.74) is 2.18. The van der Waals surface area contributed by atoms with Crippen molar-refractivity contribution in [3.63, 3.8) is 0 Å². The average Bonchev–Trinajstić information content (AvgIpc) is 2.34. The Morgan fingerprint density at radius 2 is 2.20 bits per heavy atom. The summed E-state index contributed by atoms with van der Waals surface area (Å²) in [6.45, 7) is 2.00. The Hall–Kier alpha value is -1.38. The Balaban J connectivity index is 2.46. The van der Waals surface area contributed by atoms with Crippen LogP contribution in [0.4, 0.5) is 0 Å². The van der Waals surface area contributed by atoms with Crippen LogP contribution in [-0.2, 0) is 0 Å². The molecular formula is C7H6N3. The van der Waals surface area contributed by atoms with Gasteiger partial charge in [0.25, 0.3) is 0 Å². The van der Waals surface area contributed by atoms with Crippen molar-refractivity contribution in [3.8, 4) is 0 Å². The fraction of sp³-hybridized carbons (Fsp3) is 0.143. The molecule has 0 spiro atoms. The first-order valence-corrected chi connectivity index (χ1v) is 3.06. The predicted molar refractivity (Wildman–Crippen MR) is 39.9 cm³/mol. The van der Waals surface area contributed by atoms with Crippen LogP contribution in [0.5, 0.6) is 0 Å². The number of fused-ring (bicyclic) bond motifs is 1. The smallest absolute Gasteiger partial charge is 0.162 e. The molecule has 3 heteroatoms. The number of nitrogens with zero attached hydrogens (tertiary/aromatic N) is 3. The fourth-order valence-electron chi connectivity index (χ4n) is 0.932. The van der Waals surface area contributed by atoms with Crippen molar-refractivity contribution >= 4 is 12.2 Å². The summed E-state index contributed by atoms with van der Waals surface area (Å²) < 4.78 is 0. The van der Waals surface area contributed by atoms with Gasteiger partial charge >= 0.3 is 0 Å². The monoisotopic (exact) mass is 132 g/mol. The van der Waals surface area contributed by atoms with Crippen LogP contribution in [0, 0.1) is 0 Å². The van der Waals surface area contributed by atoms with Gasteiger partial charge in [0.2, 0.25) is 0 Å². The highest BCUT2D eigenvalue weighted by Gasteiger charge is 2.15. The number of amidine groups is 1. The quantitative estimate of drug-likeness (QED) is 0.468. The topological polar surface area (TPSA) is 38.8 Å². The second-order valence-corrected chi connectivity index (χ2v) is 2.20. The largest absolute Gasteiger partial charge is 0.244 e.